The number of anilines is 2. The first-order valence-corrected chi connectivity index (χ1v) is 8.90. The maximum atomic E-state index is 12.2. The molecule has 0 fully saturated rings. The molecule has 0 aliphatic heterocycles. The highest BCUT2D eigenvalue weighted by molar-refractivity contribution is 6.33. The summed E-state index contributed by atoms with van der Waals surface area (Å²) in [4.78, 5) is 36.1. The number of hydrogen-bond donors (Lipinski definition) is 3. The Morgan fingerprint density at radius 1 is 1.04 bits per heavy atom. The van der Waals surface area contributed by atoms with Crippen molar-refractivity contribution in [2.75, 3.05) is 17.2 Å². The van der Waals surface area contributed by atoms with Gasteiger partial charge in [-0.05, 0) is 36.8 Å². The summed E-state index contributed by atoms with van der Waals surface area (Å²) in [7, 11) is 0. The number of carbonyl (C=O) groups is 3. The lowest BCUT2D eigenvalue weighted by molar-refractivity contribution is -0.119. The van der Waals surface area contributed by atoms with Crippen LogP contribution in [0.2, 0.25) is 5.02 Å². The maximum absolute atomic E-state index is 12.2. The van der Waals surface area contributed by atoms with Crippen LogP contribution in [0, 0.1) is 12.8 Å². The van der Waals surface area contributed by atoms with Gasteiger partial charge in [-0.3, -0.25) is 14.4 Å². The smallest absolute Gasteiger partial charge is 0.253 e. The minimum absolute atomic E-state index is 0.108. The van der Waals surface area contributed by atoms with E-state index in [-0.39, 0.29) is 24.3 Å². The summed E-state index contributed by atoms with van der Waals surface area (Å²) in [5.74, 6) is -1.07. The number of rotatable bonds is 6. The fraction of sp³-hybridized carbons (Fsp3) is 0.250. The van der Waals surface area contributed by atoms with E-state index in [1.807, 2.05) is 6.92 Å². The third-order valence-corrected chi connectivity index (χ3v) is 4.16. The highest BCUT2D eigenvalue weighted by Crippen LogP contribution is 2.21. The summed E-state index contributed by atoms with van der Waals surface area (Å²) in [5.41, 5.74) is 2.30. The van der Waals surface area contributed by atoms with Gasteiger partial charge in [0.05, 0.1) is 17.1 Å². The van der Waals surface area contributed by atoms with E-state index in [9.17, 15) is 14.4 Å². The normalized spacial score (nSPS) is 10.4. The molecule has 2 rings (SSSR count). The first kappa shape index (κ1) is 20.5. The zero-order valence-corrected chi connectivity index (χ0v) is 16.2. The predicted molar refractivity (Wildman–Crippen MR) is 107 cm³/mol. The molecule has 0 aliphatic rings. The molecule has 0 spiro atoms. The molecular formula is C20H22ClN3O3. The van der Waals surface area contributed by atoms with Gasteiger partial charge in [0, 0.05) is 17.3 Å². The third kappa shape index (κ3) is 5.82. The van der Waals surface area contributed by atoms with Crippen molar-refractivity contribution < 1.29 is 14.4 Å². The van der Waals surface area contributed by atoms with E-state index >= 15 is 0 Å². The van der Waals surface area contributed by atoms with Crippen molar-refractivity contribution >= 4 is 40.7 Å². The summed E-state index contributed by atoms with van der Waals surface area (Å²) in [5, 5.41) is 8.38. The van der Waals surface area contributed by atoms with Crippen LogP contribution in [0.15, 0.2) is 42.5 Å². The Morgan fingerprint density at radius 2 is 1.74 bits per heavy atom. The lowest BCUT2D eigenvalue weighted by Crippen LogP contribution is -2.33. The first-order valence-electron chi connectivity index (χ1n) is 8.52. The minimum atomic E-state index is -0.426. The molecule has 0 saturated carbocycles. The van der Waals surface area contributed by atoms with Crippen molar-refractivity contribution in [2.24, 2.45) is 5.92 Å². The van der Waals surface area contributed by atoms with Crippen molar-refractivity contribution in [3.8, 4) is 0 Å². The minimum Gasteiger partial charge on any atom is -0.343 e. The highest BCUT2D eigenvalue weighted by atomic mass is 35.5. The zero-order valence-electron chi connectivity index (χ0n) is 15.4. The Morgan fingerprint density at radius 3 is 2.41 bits per heavy atom. The standard InChI is InChI=1S/C20H22ClN3O3/c1-12(2)19(26)23-14-9-8-13(3)17(10-14)24-18(25)11-22-20(27)15-6-4-5-7-16(15)21/h4-10,12H,11H2,1-3H3,(H,22,27)(H,23,26)(H,24,25). The van der Waals surface area contributed by atoms with Gasteiger partial charge in [-0.1, -0.05) is 43.6 Å². The Hall–Kier alpha value is -2.86. The highest BCUT2D eigenvalue weighted by Gasteiger charge is 2.13. The van der Waals surface area contributed by atoms with Crippen LogP contribution in [0.5, 0.6) is 0 Å². The molecule has 0 heterocycles. The van der Waals surface area contributed by atoms with E-state index in [1.54, 1.807) is 56.3 Å². The lowest BCUT2D eigenvalue weighted by Gasteiger charge is -2.13. The number of aryl methyl sites for hydroxylation is 1. The summed E-state index contributed by atoms with van der Waals surface area (Å²) in [6.07, 6.45) is 0. The molecule has 2 aromatic rings. The van der Waals surface area contributed by atoms with Crippen molar-refractivity contribution in [3.05, 3.63) is 58.6 Å². The van der Waals surface area contributed by atoms with Gasteiger partial charge >= 0.3 is 0 Å². The molecule has 0 radical (unpaired) electrons. The second-order valence-corrected chi connectivity index (χ2v) is 6.79. The van der Waals surface area contributed by atoms with E-state index in [1.165, 1.54) is 0 Å². The summed E-state index contributed by atoms with van der Waals surface area (Å²) in [6.45, 7) is 5.24. The molecule has 142 valence electrons. The molecule has 2 aromatic carbocycles. The van der Waals surface area contributed by atoms with Crippen molar-refractivity contribution in [2.45, 2.75) is 20.8 Å². The van der Waals surface area contributed by atoms with Crippen LogP contribution in [-0.4, -0.2) is 24.3 Å². The fourth-order valence-corrected chi connectivity index (χ4v) is 2.44. The predicted octanol–water partition coefficient (Wildman–Crippen LogP) is 3.61. The average molecular weight is 388 g/mol. The van der Waals surface area contributed by atoms with Crippen molar-refractivity contribution in [1.82, 2.24) is 5.32 Å². The topological polar surface area (TPSA) is 87.3 Å². The SMILES string of the molecule is Cc1ccc(NC(=O)C(C)C)cc1NC(=O)CNC(=O)c1ccccc1Cl. The second-order valence-electron chi connectivity index (χ2n) is 6.38. The zero-order chi connectivity index (χ0) is 20.0. The van der Waals surface area contributed by atoms with Gasteiger partial charge in [-0.2, -0.15) is 0 Å². The molecule has 0 bridgehead atoms. The molecular weight excluding hydrogens is 366 g/mol. The number of benzene rings is 2. The first-order chi connectivity index (χ1) is 12.8. The van der Waals surface area contributed by atoms with E-state index in [0.29, 0.717) is 22.0 Å². The Bertz CT molecular complexity index is 865. The summed E-state index contributed by atoms with van der Waals surface area (Å²) in [6, 6.07) is 11.9. The molecule has 0 aromatic heterocycles. The van der Waals surface area contributed by atoms with E-state index in [0.717, 1.165) is 5.56 Å². The largest absolute Gasteiger partial charge is 0.343 e. The van der Waals surface area contributed by atoms with Crippen LogP contribution in [0.4, 0.5) is 11.4 Å². The Balaban J connectivity index is 1.98. The summed E-state index contributed by atoms with van der Waals surface area (Å²) < 4.78 is 0. The fourth-order valence-electron chi connectivity index (χ4n) is 2.22. The van der Waals surface area contributed by atoms with E-state index < -0.39 is 5.91 Å². The maximum Gasteiger partial charge on any atom is 0.253 e. The number of nitrogens with one attached hydrogen (secondary N) is 3. The van der Waals surface area contributed by atoms with Gasteiger partial charge in [0.2, 0.25) is 11.8 Å². The number of hydrogen-bond acceptors (Lipinski definition) is 3. The van der Waals surface area contributed by atoms with Gasteiger partial charge in [-0.15, -0.1) is 0 Å². The Labute approximate surface area is 163 Å². The number of carbonyl (C=O) groups excluding carboxylic acids is 3. The number of amides is 3. The van der Waals surface area contributed by atoms with Gasteiger partial charge in [0.15, 0.2) is 0 Å². The molecule has 27 heavy (non-hydrogen) atoms. The molecule has 0 saturated heterocycles. The Kier molecular flexibility index (Phi) is 6.96. The molecule has 0 aliphatic carbocycles. The van der Waals surface area contributed by atoms with Crippen LogP contribution in [0.25, 0.3) is 0 Å². The van der Waals surface area contributed by atoms with Crippen LogP contribution in [0.3, 0.4) is 0 Å². The average Bonchev–Trinajstić information content (AvgIpc) is 2.62. The third-order valence-electron chi connectivity index (χ3n) is 3.83. The van der Waals surface area contributed by atoms with Crippen LogP contribution >= 0.6 is 11.6 Å². The molecule has 0 atom stereocenters. The van der Waals surface area contributed by atoms with Gasteiger partial charge in [0.1, 0.15) is 0 Å². The molecule has 7 heteroatoms. The van der Waals surface area contributed by atoms with Crippen molar-refractivity contribution in [1.29, 1.82) is 0 Å². The monoisotopic (exact) mass is 387 g/mol. The number of halogens is 1. The quantitative estimate of drug-likeness (QED) is 0.707. The van der Waals surface area contributed by atoms with Crippen LogP contribution in [-0.2, 0) is 9.59 Å². The van der Waals surface area contributed by atoms with Crippen LogP contribution in [0.1, 0.15) is 29.8 Å². The van der Waals surface area contributed by atoms with E-state index in [4.69, 9.17) is 11.6 Å². The van der Waals surface area contributed by atoms with Gasteiger partial charge in [0.25, 0.3) is 5.91 Å². The van der Waals surface area contributed by atoms with Crippen LogP contribution < -0.4 is 16.0 Å². The molecule has 3 amide bonds. The molecule has 0 unspecified atom stereocenters. The lowest BCUT2D eigenvalue weighted by atomic mass is 10.1. The van der Waals surface area contributed by atoms with E-state index in [2.05, 4.69) is 16.0 Å². The summed E-state index contributed by atoms with van der Waals surface area (Å²) >= 11 is 5.97. The van der Waals surface area contributed by atoms with Crippen molar-refractivity contribution in [3.63, 3.8) is 0 Å². The molecule has 6 nitrogen and oxygen atoms in total. The molecule has 3 N–H and O–H groups in total. The van der Waals surface area contributed by atoms with Gasteiger partial charge in [-0.25, -0.2) is 0 Å². The van der Waals surface area contributed by atoms with Gasteiger partial charge < -0.3 is 16.0 Å². The second kappa shape index (κ2) is 9.19.